The van der Waals surface area contributed by atoms with Crippen LogP contribution in [0.2, 0.25) is 0 Å². The number of amides is 1. The Morgan fingerprint density at radius 3 is 2.79 bits per heavy atom. The summed E-state index contributed by atoms with van der Waals surface area (Å²) in [5.41, 5.74) is 5.95. The molecule has 5 nitrogen and oxygen atoms in total. The number of nitrogens with two attached hydrogens (primary N) is 1. The monoisotopic (exact) mass is 264 g/mol. The van der Waals surface area contributed by atoms with E-state index in [1.54, 1.807) is 6.20 Å². The molecule has 1 aliphatic rings. The minimum Gasteiger partial charge on any atom is -0.341 e. The lowest BCUT2D eigenvalue weighted by Crippen LogP contribution is -2.47. The molecule has 2 heterocycles. The lowest BCUT2D eigenvalue weighted by atomic mass is 10.0. The Hall–Kier alpha value is -1.36. The van der Waals surface area contributed by atoms with Gasteiger partial charge in [0.15, 0.2) is 0 Å². The second-order valence-electron chi connectivity index (χ2n) is 5.29. The molecule has 0 bridgehead atoms. The number of carbonyl (C=O) groups is 1. The lowest BCUT2D eigenvalue weighted by Gasteiger charge is -2.33. The molecular formula is C14H24N4O. The number of rotatable bonds is 5. The number of nitrogens with zero attached hydrogens (tertiary/aromatic N) is 3. The summed E-state index contributed by atoms with van der Waals surface area (Å²) in [6.07, 6.45) is 8.64. The second kappa shape index (κ2) is 6.70. The van der Waals surface area contributed by atoms with Gasteiger partial charge in [0.1, 0.15) is 0 Å². The average molecular weight is 264 g/mol. The summed E-state index contributed by atoms with van der Waals surface area (Å²) in [6, 6.07) is 2.05. The molecule has 2 N–H and O–H groups in total. The highest BCUT2D eigenvalue weighted by Gasteiger charge is 2.26. The SMILES string of the molecule is CCCC[C@H](N)C(=O)N1CCC(n2cccn2)CC1. The highest BCUT2D eigenvalue weighted by Crippen LogP contribution is 2.22. The lowest BCUT2D eigenvalue weighted by molar-refractivity contribution is -0.134. The van der Waals surface area contributed by atoms with Gasteiger partial charge in [-0.05, 0) is 25.3 Å². The molecule has 0 aromatic carbocycles. The number of hydrogen-bond acceptors (Lipinski definition) is 3. The first-order valence-electron chi connectivity index (χ1n) is 7.26. The van der Waals surface area contributed by atoms with Crippen LogP contribution in [0.1, 0.15) is 45.1 Å². The molecule has 106 valence electrons. The van der Waals surface area contributed by atoms with E-state index in [-0.39, 0.29) is 11.9 Å². The third-order valence-electron chi connectivity index (χ3n) is 3.86. The minimum absolute atomic E-state index is 0.118. The summed E-state index contributed by atoms with van der Waals surface area (Å²) in [6.45, 7) is 3.71. The molecule has 19 heavy (non-hydrogen) atoms. The molecule has 1 amide bonds. The first-order valence-corrected chi connectivity index (χ1v) is 7.26. The van der Waals surface area contributed by atoms with E-state index >= 15 is 0 Å². The van der Waals surface area contributed by atoms with Gasteiger partial charge in [-0.25, -0.2) is 0 Å². The topological polar surface area (TPSA) is 64.2 Å². The molecule has 0 radical (unpaired) electrons. The maximum atomic E-state index is 12.2. The summed E-state index contributed by atoms with van der Waals surface area (Å²) >= 11 is 0. The molecule has 5 heteroatoms. The molecule has 0 spiro atoms. The van der Waals surface area contributed by atoms with Crippen LogP contribution in [0, 0.1) is 0 Å². The van der Waals surface area contributed by atoms with Crippen LogP contribution in [-0.2, 0) is 4.79 Å². The number of hydrogen-bond donors (Lipinski definition) is 1. The predicted octanol–water partition coefficient (Wildman–Crippen LogP) is 1.56. The van der Waals surface area contributed by atoms with Gasteiger partial charge in [-0.1, -0.05) is 19.8 Å². The third-order valence-corrected chi connectivity index (χ3v) is 3.86. The minimum atomic E-state index is -0.318. The van der Waals surface area contributed by atoms with E-state index in [0.717, 1.165) is 45.2 Å². The fourth-order valence-corrected chi connectivity index (χ4v) is 2.63. The zero-order valence-corrected chi connectivity index (χ0v) is 11.7. The van der Waals surface area contributed by atoms with Crippen LogP contribution >= 0.6 is 0 Å². The van der Waals surface area contributed by atoms with Gasteiger partial charge in [0.2, 0.25) is 5.91 Å². The summed E-state index contributed by atoms with van der Waals surface area (Å²) in [7, 11) is 0. The van der Waals surface area contributed by atoms with Crippen molar-refractivity contribution in [2.24, 2.45) is 5.73 Å². The zero-order valence-electron chi connectivity index (χ0n) is 11.7. The number of unbranched alkanes of at least 4 members (excludes halogenated alkanes) is 1. The maximum absolute atomic E-state index is 12.2. The molecule has 0 saturated carbocycles. The van der Waals surface area contributed by atoms with E-state index in [2.05, 4.69) is 12.0 Å². The van der Waals surface area contributed by atoms with Crippen LogP contribution in [-0.4, -0.2) is 39.7 Å². The van der Waals surface area contributed by atoms with Crippen molar-refractivity contribution in [2.75, 3.05) is 13.1 Å². The number of aromatic nitrogens is 2. The number of likely N-dealkylation sites (tertiary alicyclic amines) is 1. The Morgan fingerprint density at radius 1 is 1.47 bits per heavy atom. The van der Waals surface area contributed by atoms with Crippen molar-refractivity contribution in [3.8, 4) is 0 Å². The van der Waals surface area contributed by atoms with E-state index in [4.69, 9.17) is 5.73 Å². The Bertz CT molecular complexity index is 382. The average Bonchev–Trinajstić information content (AvgIpc) is 2.98. The van der Waals surface area contributed by atoms with Crippen LogP contribution in [0.3, 0.4) is 0 Å². The van der Waals surface area contributed by atoms with Gasteiger partial charge >= 0.3 is 0 Å². The predicted molar refractivity (Wildman–Crippen MR) is 74.6 cm³/mol. The van der Waals surface area contributed by atoms with Crippen LogP contribution in [0.5, 0.6) is 0 Å². The molecule has 1 atom stereocenters. The highest BCUT2D eigenvalue weighted by molar-refractivity contribution is 5.81. The molecule has 1 fully saturated rings. The van der Waals surface area contributed by atoms with Crippen LogP contribution < -0.4 is 5.73 Å². The summed E-state index contributed by atoms with van der Waals surface area (Å²) in [5, 5.41) is 4.27. The van der Waals surface area contributed by atoms with Gasteiger partial charge in [-0.15, -0.1) is 0 Å². The van der Waals surface area contributed by atoms with Gasteiger partial charge in [0.25, 0.3) is 0 Å². The third kappa shape index (κ3) is 3.56. The van der Waals surface area contributed by atoms with Crippen molar-refractivity contribution in [3.63, 3.8) is 0 Å². The molecule has 1 aromatic rings. The number of piperidine rings is 1. The maximum Gasteiger partial charge on any atom is 0.239 e. The summed E-state index contributed by atoms with van der Waals surface area (Å²) in [5.74, 6) is 0.118. The van der Waals surface area contributed by atoms with Gasteiger partial charge in [0.05, 0.1) is 12.1 Å². The molecule has 1 aliphatic heterocycles. The summed E-state index contributed by atoms with van der Waals surface area (Å²) < 4.78 is 2.00. The standard InChI is InChI=1S/C14H24N4O/c1-2-3-5-13(15)14(19)17-10-6-12(7-11-17)18-9-4-8-16-18/h4,8-9,12-13H,2-3,5-7,10-11,15H2,1H3/t13-/m0/s1. The fourth-order valence-electron chi connectivity index (χ4n) is 2.63. The van der Waals surface area contributed by atoms with Gasteiger partial charge < -0.3 is 10.6 Å². The van der Waals surface area contributed by atoms with Crippen LogP contribution in [0.4, 0.5) is 0 Å². The van der Waals surface area contributed by atoms with E-state index in [0.29, 0.717) is 6.04 Å². The quantitative estimate of drug-likeness (QED) is 0.878. The van der Waals surface area contributed by atoms with Crippen molar-refractivity contribution in [1.82, 2.24) is 14.7 Å². The van der Waals surface area contributed by atoms with Crippen molar-refractivity contribution < 1.29 is 4.79 Å². The van der Waals surface area contributed by atoms with E-state index in [9.17, 15) is 4.79 Å². The molecule has 1 aromatic heterocycles. The highest BCUT2D eigenvalue weighted by atomic mass is 16.2. The van der Waals surface area contributed by atoms with Gasteiger partial charge in [0, 0.05) is 25.5 Å². The van der Waals surface area contributed by atoms with E-state index < -0.39 is 0 Å². The molecule has 2 rings (SSSR count). The van der Waals surface area contributed by atoms with E-state index in [1.165, 1.54) is 0 Å². The van der Waals surface area contributed by atoms with E-state index in [1.807, 2.05) is 21.8 Å². The fraction of sp³-hybridized carbons (Fsp3) is 0.714. The second-order valence-corrected chi connectivity index (χ2v) is 5.29. The van der Waals surface area contributed by atoms with Crippen LogP contribution in [0.15, 0.2) is 18.5 Å². The van der Waals surface area contributed by atoms with Gasteiger partial charge in [-0.3, -0.25) is 9.48 Å². The van der Waals surface area contributed by atoms with Crippen molar-refractivity contribution in [2.45, 2.75) is 51.1 Å². The Balaban J connectivity index is 1.81. The molecule has 0 unspecified atom stereocenters. The van der Waals surface area contributed by atoms with Crippen molar-refractivity contribution in [1.29, 1.82) is 0 Å². The molecule has 0 aliphatic carbocycles. The number of carbonyl (C=O) groups excluding carboxylic acids is 1. The van der Waals surface area contributed by atoms with Gasteiger partial charge in [-0.2, -0.15) is 5.10 Å². The largest absolute Gasteiger partial charge is 0.341 e. The van der Waals surface area contributed by atoms with Crippen molar-refractivity contribution in [3.05, 3.63) is 18.5 Å². The Morgan fingerprint density at radius 2 is 2.21 bits per heavy atom. The van der Waals surface area contributed by atoms with Crippen LogP contribution in [0.25, 0.3) is 0 Å². The van der Waals surface area contributed by atoms with Crippen molar-refractivity contribution >= 4 is 5.91 Å². The first-order chi connectivity index (χ1) is 9.22. The molecule has 1 saturated heterocycles. The first kappa shape index (κ1) is 14.1. The zero-order chi connectivity index (χ0) is 13.7. The molecular weight excluding hydrogens is 240 g/mol. The summed E-state index contributed by atoms with van der Waals surface area (Å²) in [4.78, 5) is 14.1. The Labute approximate surface area is 114 Å². The Kier molecular flexibility index (Phi) is 4.96. The normalized spacial score (nSPS) is 18.5. The smallest absolute Gasteiger partial charge is 0.239 e.